The van der Waals surface area contributed by atoms with E-state index in [0.717, 1.165) is 5.69 Å². The van der Waals surface area contributed by atoms with Crippen molar-refractivity contribution in [1.29, 1.82) is 0 Å². The Bertz CT molecular complexity index is 764. The number of rotatable bonds is 5. The van der Waals surface area contributed by atoms with Crippen molar-refractivity contribution in [3.63, 3.8) is 0 Å². The van der Waals surface area contributed by atoms with Gasteiger partial charge < -0.3 is 10.4 Å². The number of aliphatic hydroxyl groups is 1. The Labute approximate surface area is 151 Å². The van der Waals surface area contributed by atoms with Crippen molar-refractivity contribution in [2.75, 3.05) is 0 Å². The summed E-state index contributed by atoms with van der Waals surface area (Å²) < 4.78 is 14.1. The van der Waals surface area contributed by atoms with Crippen LogP contribution in [0, 0.1) is 18.7 Å². The van der Waals surface area contributed by atoms with Gasteiger partial charge >= 0.3 is 0 Å². The number of pyridine rings is 1. The van der Waals surface area contributed by atoms with Crippen molar-refractivity contribution < 1.29 is 14.3 Å². The largest absolute Gasteiger partial charge is 0.393 e. The summed E-state index contributed by atoms with van der Waals surface area (Å²) in [5.74, 6) is -1.04. The Morgan fingerprint density at radius 3 is 2.80 bits per heavy atom. The van der Waals surface area contributed by atoms with Crippen molar-refractivity contribution in [1.82, 2.24) is 10.3 Å². The first-order valence-electron chi connectivity index (χ1n) is 8.29. The number of nitrogens with one attached hydrogen (secondary N) is 1. The van der Waals surface area contributed by atoms with Gasteiger partial charge in [-0.05, 0) is 49.4 Å². The van der Waals surface area contributed by atoms with Gasteiger partial charge in [0.1, 0.15) is 5.82 Å². The number of nitrogens with zero attached hydrogens (tertiary/aromatic N) is 1. The summed E-state index contributed by atoms with van der Waals surface area (Å²) in [7, 11) is 0. The molecule has 0 radical (unpaired) electrons. The van der Waals surface area contributed by atoms with E-state index in [1.165, 1.54) is 6.07 Å². The number of amides is 1. The van der Waals surface area contributed by atoms with Crippen LogP contribution in [0.2, 0.25) is 5.02 Å². The predicted octanol–water partition coefficient (Wildman–Crippen LogP) is 3.29. The second kappa shape index (κ2) is 7.50. The molecule has 1 aliphatic rings. The highest BCUT2D eigenvalue weighted by Gasteiger charge is 2.35. The van der Waals surface area contributed by atoms with E-state index < -0.39 is 11.7 Å². The molecule has 25 heavy (non-hydrogen) atoms. The van der Waals surface area contributed by atoms with E-state index in [4.69, 9.17) is 11.6 Å². The Morgan fingerprint density at radius 1 is 1.40 bits per heavy atom. The zero-order valence-corrected chi connectivity index (χ0v) is 14.6. The summed E-state index contributed by atoms with van der Waals surface area (Å²) in [4.78, 5) is 16.9. The van der Waals surface area contributed by atoms with E-state index in [0.29, 0.717) is 24.8 Å². The topological polar surface area (TPSA) is 62.2 Å². The van der Waals surface area contributed by atoms with Gasteiger partial charge in [0.05, 0.1) is 16.7 Å². The molecule has 0 aliphatic heterocycles. The summed E-state index contributed by atoms with van der Waals surface area (Å²) in [6.07, 6.45) is 3.10. The second-order valence-corrected chi connectivity index (χ2v) is 6.92. The fourth-order valence-electron chi connectivity index (χ4n) is 3.14. The molecule has 0 saturated heterocycles. The SMILES string of the molecule is Cc1ccc(F)c(C(=O)NC(Cc2ccccn2)C2CC(O)C2)c1Cl. The summed E-state index contributed by atoms with van der Waals surface area (Å²) in [6.45, 7) is 1.73. The minimum atomic E-state index is -0.640. The maximum atomic E-state index is 14.1. The summed E-state index contributed by atoms with van der Waals surface area (Å²) in [5.41, 5.74) is 1.35. The molecule has 1 atom stereocenters. The number of carbonyl (C=O) groups is 1. The van der Waals surface area contributed by atoms with Gasteiger partial charge in [-0.3, -0.25) is 9.78 Å². The number of hydrogen-bond donors (Lipinski definition) is 2. The lowest BCUT2D eigenvalue weighted by Crippen LogP contribution is -2.48. The van der Waals surface area contributed by atoms with Gasteiger partial charge in [0, 0.05) is 24.4 Å². The Kier molecular flexibility index (Phi) is 5.35. The molecular formula is C19H20ClFN2O2. The van der Waals surface area contributed by atoms with Crippen LogP contribution in [-0.2, 0) is 6.42 Å². The molecule has 1 heterocycles. The van der Waals surface area contributed by atoms with Gasteiger partial charge in [-0.2, -0.15) is 0 Å². The predicted molar refractivity (Wildman–Crippen MR) is 94.1 cm³/mol. The fraction of sp³-hybridized carbons (Fsp3) is 0.368. The van der Waals surface area contributed by atoms with E-state index in [1.807, 2.05) is 18.2 Å². The highest BCUT2D eigenvalue weighted by Crippen LogP contribution is 2.32. The Hall–Kier alpha value is -1.98. The molecular weight excluding hydrogens is 343 g/mol. The fourth-order valence-corrected chi connectivity index (χ4v) is 3.38. The zero-order chi connectivity index (χ0) is 18.0. The zero-order valence-electron chi connectivity index (χ0n) is 13.9. The summed E-state index contributed by atoms with van der Waals surface area (Å²) in [5, 5.41) is 12.6. The third kappa shape index (κ3) is 3.99. The lowest BCUT2D eigenvalue weighted by atomic mass is 9.76. The van der Waals surface area contributed by atoms with Crippen LogP contribution in [0.3, 0.4) is 0 Å². The van der Waals surface area contributed by atoms with Crippen LogP contribution in [0.15, 0.2) is 36.5 Å². The number of carbonyl (C=O) groups excluding carboxylic acids is 1. The van der Waals surface area contributed by atoms with Crippen LogP contribution < -0.4 is 5.32 Å². The number of aliphatic hydroxyl groups excluding tert-OH is 1. The molecule has 1 saturated carbocycles. The summed E-state index contributed by atoms with van der Waals surface area (Å²) in [6, 6.07) is 8.15. The first kappa shape index (κ1) is 17.8. The van der Waals surface area contributed by atoms with E-state index in [1.54, 1.807) is 19.2 Å². The van der Waals surface area contributed by atoms with Crippen LogP contribution in [0.25, 0.3) is 0 Å². The minimum absolute atomic E-state index is 0.128. The Morgan fingerprint density at radius 2 is 2.16 bits per heavy atom. The first-order chi connectivity index (χ1) is 12.0. The molecule has 0 bridgehead atoms. The first-order valence-corrected chi connectivity index (χ1v) is 8.67. The number of benzene rings is 1. The molecule has 4 nitrogen and oxygen atoms in total. The van der Waals surface area contributed by atoms with E-state index in [2.05, 4.69) is 10.3 Å². The quantitative estimate of drug-likeness (QED) is 0.857. The molecule has 3 rings (SSSR count). The smallest absolute Gasteiger partial charge is 0.256 e. The van der Waals surface area contributed by atoms with Crippen molar-refractivity contribution in [3.8, 4) is 0 Å². The molecule has 1 fully saturated rings. The molecule has 1 aromatic heterocycles. The van der Waals surface area contributed by atoms with Gasteiger partial charge in [-0.1, -0.05) is 23.7 Å². The van der Waals surface area contributed by atoms with Gasteiger partial charge in [0.2, 0.25) is 0 Å². The molecule has 2 N–H and O–H groups in total. The van der Waals surface area contributed by atoms with Crippen molar-refractivity contribution in [3.05, 3.63) is 64.2 Å². The van der Waals surface area contributed by atoms with Crippen LogP contribution >= 0.6 is 11.6 Å². The molecule has 132 valence electrons. The molecule has 2 aromatic rings. The molecule has 1 aromatic carbocycles. The van der Waals surface area contributed by atoms with E-state index in [9.17, 15) is 14.3 Å². The normalized spacial score (nSPS) is 20.6. The monoisotopic (exact) mass is 362 g/mol. The molecule has 1 unspecified atom stereocenters. The average molecular weight is 363 g/mol. The maximum Gasteiger partial charge on any atom is 0.256 e. The van der Waals surface area contributed by atoms with Crippen molar-refractivity contribution in [2.45, 2.75) is 38.3 Å². The van der Waals surface area contributed by atoms with Gasteiger partial charge in [0.15, 0.2) is 0 Å². The molecule has 6 heteroatoms. The molecule has 0 spiro atoms. The van der Waals surface area contributed by atoms with Crippen LogP contribution in [-0.4, -0.2) is 28.1 Å². The number of aromatic nitrogens is 1. The highest BCUT2D eigenvalue weighted by atomic mass is 35.5. The van der Waals surface area contributed by atoms with Crippen LogP contribution in [0.1, 0.15) is 34.5 Å². The lowest BCUT2D eigenvalue weighted by Gasteiger charge is -2.38. The van der Waals surface area contributed by atoms with Crippen LogP contribution in [0.4, 0.5) is 4.39 Å². The average Bonchev–Trinajstić information content (AvgIpc) is 2.56. The van der Waals surface area contributed by atoms with Crippen molar-refractivity contribution >= 4 is 17.5 Å². The highest BCUT2D eigenvalue weighted by molar-refractivity contribution is 6.34. The molecule has 1 amide bonds. The standard InChI is InChI=1S/C19H20ClFN2O2/c1-11-5-6-15(21)17(18(11)20)19(25)23-16(12-8-14(24)9-12)10-13-4-2-3-7-22-13/h2-7,12,14,16,24H,8-10H2,1H3,(H,23,25). The van der Waals surface area contributed by atoms with Crippen LogP contribution in [0.5, 0.6) is 0 Å². The van der Waals surface area contributed by atoms with Gasteiger partial charge in [0.25, 0.3) is 5.91 Å². The minimum Gasteiger partial charge on any atom is -0.393 e. The van der Waals surface area contributed by atoms with E-state index >= 15 is 0 Å². The van der Waals surface area contributed by atoms with Gasteiger partial charge in [-0.15, -0.1) is 0 Å². The van der Waals surface area contributed by atoms with Crippen molar-refractivity contribution in [2.24, 2.45) is 5.92 Å². The summed E-state index contributed by atoms with van der Waals surface area (Å²) >= 11 is 6.13. The number of halogens is 2. The lowest BCUT2D eigenvalue weighted by molar-refractivity contribution is 0.0237. The number of aryl methyl sites for hydroxylation is 1. The maximum absolute atomic E-state index is 14.1. The third-order valence-corrected chi connectivity index (χ3v) is 5.19. The molecule has 1 aliphatic carbocycles. The second-order valence-electron chi connectivity index (χ2n) is 6.54. The Balaban J connectivity index is 1.80. The van der Waals surface area contributed by atoms with E-state index in [-0.39, 0.29) is 28.6 Å². The third-order valence-electron chi connectivity index (χ3n) is 4.70. The number of hydrogen-bond acceptors (Lipinski definition) is 3. The van der Waals surface area contributed by atoms with Gasteiger partial charge in [-0.25, -0.2) is 4.39 Å².